The van der Waals surface area contributed by atoms with E-state index in [-0.39, 0.29) is 11.9 Å². The van der Waals surface area contributed by atoms with Crippen LogP contribution in [0.25, 0.3) is 0 Å². The molecular weight excluding hydrogens is 391 g/mol. The highest BCUT2D eigenvalue weighted by atomic mass is 79.9. The minimum absolute atomic E-state index is 0.333. The molecule has 5 heteroatoms. The van der Waals surface area contributed by atoms with Crippen LogP contribution in [0, 0.1) is 5.82 Å². The summed E-state index contributed by atoms with van der Waals surface area (Å²) in [6, 6.07) is 10.4. The van der Waals surface area contributed by atoms with Gasteiger partial charge in [0.1, 0.15) is 17.7 Å². The summed E-state index contributed by atoms with van der Waals surface area (Å²) in [6.07, 6.45) is -0.548. The first-order valence-electron chi connectivity index (χ1n) is 6.13. The van der Waals surface area contributed by atoms with Crippen LogP contribution in [0.1, 0.15) is 29.8 Å². The molecule has 1 aliphatic heterocycles. The van der Waals surface area contributed by atoms with Crippen molar-refractivity contribution in [2.75, 3.05) is 0 Å². The van der Waals surface area contributed by atoms with Crippen LogP contribution < -0.4 is 4.74 Å². The van der Waals surface area contributed by atoms with Gasteiger partial charge < -0.3 is 9.84 Å². The summed E-state index contributed by atoms with van der Waals surface area (Å²) < 4.78 is 20.8. The first-order valence-corrected chi connectivity index (χ1v) is 7.72. The Balaban J connectivity index is 1.96. The molecule has 0 saturated heterocycles. The van der Waals surface area contributed by atoms with Crippen molar-refractivity contribution in [3.8, 4) is 5.75 Å². The van der Waals surface area contributed by atoms with Gasteiger partial charge in [-0.3, -0.25) is 0 Å². The van der Waals surface area contributed by atoms with Crippen molar-refractivity contribution in [3.63, 3.8) is 0 Å². The lowest BCUT2D eigenvalue weighted by molar-refractivity contribution is 0.0655. The topological polar surface area (TPSA) is 29.5 Å². The maximum Gasteiger partial charge on any atom is 0.137 e. The summed E-state index contributed by atoms with van der Waals surface area (Å²) in [5, 5.41) is 10.2. The summed E-state index contributed by atoms with van der Waals surface area (Å²) in [5.41, 5.74) is 1.48. The number of halogens is 3. The van der Waals surface area contributed by atoms with Gasteiger partial charge in [0.05, 0.1) is 10.6 Å². The molecule has 0 bridgehead atoms. The minimum atomic E-state index is -0.608. The van der Waals surface area contributed by atoms with E-state index in [9.17, 15) is 9.50 Å². The second-order valence-electron chi connectivity index (χ2n) is 4.71. The Labute approximate surface area is 132 Å². The van der Waals surface area contributed by atoms with E-state index in [0.29, 0.717) is 16.6 Å². The fourth-order valence-electron chi connectivity index (χ4n) is 2.33. The van der Waals surface area contributed by atoms with Crippen LogP contribution >= 0.6 is 31.9 Å². The van der Waals surface area contributed by atoms with Gasteiger partial charge in [0, 0.05) is 16.5 Å². The van der Waals surface area contributed by atoms with Crippen molar-refractivity contribution in [3.05, 3.63) is 62.3 Å². The molecule has 104 valence electrons. The van der Waals surface area contributed by atoms with Gasteiger partial charge in [-0.1, -0.05) is 28.1 Å². The third-order valence-corrected chi connectivity index (χ3v) is 4.49. The van der Waals surface area contributed by atoms with E-state index in [2.05, 4.69) is 31.9 Å². The lowest BCUT2D eigenvalue weighted by Crippen LogP contribution is -2.19. The summed E-state index contributed by atoms with van der Waals surface area (Å²) in [7, 11) is 0. The molecule has 2 aromatic carbocycles. The van der Waals surface area contributed by atoms with E-state index >= 15 is 0 Å². The highest BCUT2D eigenvalue weighted by Gasteiger charge is 2.28. The van der Waals surface area contributed by atoms with Gasteiger partial charge in [-0.15, -0.1) is 0 Å². The van der Waals surface area contributed by atoms with E-state index in [0.717, 1.165) is 15.6 Å². The molecule has 0 radical (unpaired) electrons. The molecule has 0 spiro atoms. The average Bonchev–Trinajstić information content (AvgIpc) is 2.41. The average molecular weight is 402 g/mol. The summed E-state index contributed by atoms with van der Waals surface area (Å²) in [5.74, 6) is 0.298. The molecule has 2 aromatic rings. The van der Waals surface area contributed by atoms with E-state index in [4.69, 9.17) is 4.74 Å². The Hall–Kier alpha value is -0.910. The normalized spacial score (nSPS) is 21.2. The van der Waals surface area contributed by atoms with E-state index in [1.165, 1.54) is 6.07 Å². The predicted molar refractivity (Wildman–Crippen MR) is 81.2 cm³/mol. The van der Waals surface area contributed by atoms with Crippen LogP contribution in [0.4, 0.5) is 4.39 Å². The van der Waals surface area contributed by atoms with Crippen molar-refractivity contribution >= 4 is 31.9 Å². The van der Waals surface area contributed by atoms with Gasteiger partial charge in [0.25, 0.3) is 0 Å². The van der Waals surface area contributed by atoms with Gasteiger partial charge in [0.15, 0.2) is 0 Å². The van der Waals surface area contributed by atoms with Gasteiger partial charge in [-0.25, -0.2) is 4.39 Å². The van der Waals surface area contributed by atoms with Crippen LogP contribution in [0.2, 0.25) is 0 Å². The molecule has 0 aliphatic carbocycles. The number of fused-ring (bicyclic) bond motifs is 1. The van der Waals surface area contributed by atoms with Gasteiger partial charge in [0.2, 0.25) is 0 Å². The summed E-state index contributed by atoms with van der Waals surface area (Å²) in [4.78, 5) is 0. The van der Waals surface area contributed by atoms with Gasteiger partial charge in [-0.05, 0) is 45.8 Å². The van der Waals surface area contributed by atoms with E-state index < -0.39 is 6.10 Å². The first kappa shape index (κ1) is 14.0. The third kappa shape index (κ3) is 2.62. The largest absolute Gasteiger partial charge is 0.485 e. The molecule has 2 atom stereocenters. The molecule has 1 aliphatic rings. The molecule has 0 fully saturated rings. The zero-order valence-electron chi connectivity index (χ0n) is 10.3. The van der Waals surface area contributed by atoms with Crippen LogP contribution in [0.15, 0.2) is 45.3 Å². The Kier molecular flexibility index (Phi) is 3.84. The molecule has 0 aromatic heterocycles. The zero-order chi connectivity index (χ0) is 14.3. The van der Waals surface area contributed by atoms with E-state index in [1.54, 1.807) is 12.1 Å². The zero-order valence-corrected chi connectivity index (χ0v) is 13.5. The predicted octanol–water partition coefficient (Wildman–Crippen LogP) is 4.91. The number of benzene rings is 2. The Bertz CT molecular complexity index is 660. The third-order valence-electron chi connectivity index (χ3n) is 3.36. The standard InChI is InChI=1S/C15H11Br2FO2/c16-9-2-3-10-13(19)7-14(20-15(10)6-9)8-1-4-11(17)12(18)5-8/h1-6,13-14,19H,7H2/t13-,14?/m0/s1. The highest BCUT2D eigenvalue weighted by molar-refractivity contribution is 9.10. The molecule has 2 nitrogen and oxygen atoms in total. The second-order valence-corrected chi connectivity index (χ2v) is 6.48. The lowest BCUT2D eigenvalue weighted by atomic mass is 9.95. The molecule has 3 rings (SSSR count). The van der Waals surface area contributed by atoms with Gasteiger partial charge in [-0.2, -0.15) is 0 Å². The summed E-state index contributed by atoms with van der Waals surface area (Å²) >= 11 is 6.51. The number of aliphatic hydroxyl groups excluding tert-OH is 1. The Morgan fingerprint density at radius 1 is 1.15 bits per heavy atom. The number of ether oxygens (including phenoxy) is 1. The number of hydrogen-bond acceptors (Lipinski definition) is 2. The second kappa shape index (κ2) is 5.47. The van der Waals surface area contributed by atoms with Gasteiger partial charge >= 0.3 is 0 Å². The first-order chi connectivity index (χ1) is 9.54. The fourth-order valence-corrected chi connectivity index (χ4v) is 2.92. The number of rotatable bonds is 1. The quantitative estimate of drug-likeness (QED) is 0.735. The van der Waals surface area contributed by atoms with Crippen molar-refractivity contribution in [2.24, 2.45) is 0 Å². The van der Waals surface area contributed by atoms with Crippen molar-refractivity contribution in [1.29, 1.82) is 0 Å². The van der Waals surface area contributed by atoms with E-state index in [1.807, 2.05) is 18.2 Å². The maximum atomic E-state index is 13.6. The molecular formula is C15H11Br2FO2. The maximum absolute atomic E-state index is 13.6. The van der Waals surface area contributed by atoms with Crippen LogP contribution in [0.5, 0.6) is 5.75 Å². The Morgan fingerprint density at radius 2 is 1.95 bits per heavy atom. The number of hydrogen-bond donors (Lipinski definition) is 1. The lowest BCUT2D eigenvalue weighted by Gasteiger charge is -2.30. The Morgan fingerprint density at radius 3 is 2.70 bits per heavy atom. The van der Waals surface area contributed by atoms with Crippen LogP contribution in [-0.4, -0.2) is 5.11 Å². The SMILES string of the molecule is O[C@H]1CC(c2ccc(Br)c(F)c2)Oc2cc(Br)ccc21. The van der Waals surface area contributed by atoms with Crippen molar-refractivity contribution in [1.82, 2.24) is 0 Å². The van der Waals surface area contributed by atoms with Crippen molar-refractivity contribution < 1.29 is 14.2 Å². The molecule has 20 heavy (non-hydrogen) atoms. The fraction of sp³-hybridized carbons (Fsp3) is 0.200. The van der Waals surface area contributed by atoms with Crippen LogP contribution in [-0.2, 0) is 0 Å². The van der Waals surface area contributed by atoms with Crippen molar-refractivity contribution in [2.45, 2.75) is 18.6 Å². The molecule has 0 saturated carbocycles. The molecule has 1 unspecified atom stereocenters. The van der Waals surface area contributed by atoms with Crippen LogP contribution in [0.3, 0.4) is 0 Å². The monoisotopic (exact) mass is 400 g/mol. The smallest absolute Gasteiger partial charge is 0.137 e. The highest BCUT2D eigenvalue weighted by Crippen LogP contribution is 2.42. The molecule has 1 N–H and O–H groups in total. The number of aliphatic hydroxyl groups is 1. The molecule has 1 heterocycles. The minimum Gasteiger partial charge on any atom is -0.485 e. The summed E-state index contributed by atoms with van der Waals surface area (Å²) in [6.45, 7) is 0. The molecule has 0 amide bonds.